The molecule has 24 heavy (non-hydrogen) atoms. The molecule has 1 aliphatic rings. The first kappa shape index (κ1) is 17.3. The van der Waals surface area contributed by atoms with Crippen molar-refractivity contribution < 1.29 is 9.53 Å². The molecule has 0 saturated carbocycles. The van der Waals surface area contributed by atoms with Crippen molar-refractivity contribution in [2.45, 2.75) is 38.7 Å². The maximum absolute atomic E-state index is 12.6. The fourth-order valence-corrected chi connectivity index (χ4v) is 3.61. The monoisotopic (exact) mass is 362 g/mol. The van der Waals surface area contributed by atoms with E-state index in [1.165, 1.54) is 0 Å². The molecule has 0 aromatic heterocycles. The molecule has 1 heterocycles. The van der Waals surface area contributed by atoms with Crippen molar-refractivity contribution in [2.24, 2.45) is 5.41 Å². The van der Waals surface area contributed by atoms with Gasteiger partial charge in [0.1, 0.15) is 6.10 Å². The lowest BCUT2D eigenvalue weighted by Crippen LogP contribution is -2.39. The third-order valence-electron chi connectivity index (χ3n) is 5.02. The molecule has 0 radical (unpaired) electrons. The first-order valence-corrected chi connectivity index (χ1v) is 8.90. The Morgan fingerprint density at radius 3 is 2.42 bits per heavy atom. The Kier molecular flexibility index (Phi) is 4.89. The van der Waals surface area contributed by atoms with Crippen LogP contribution >= 0.6 is 23.2 Å². The lowest BCUT2D eigenvalue weighted by molar-refractivity contribution is -0.172. The van der Waals surface area contributed by atoms with Crippen molar-refractivity contribution in [3.8, 4) is 0 Å². The molecule has 0 N–H and O–H groups in total. The second-order valence-electron chi connectivity index (χ2n) is 6.66. The predicted octanol–water partition coefficient (Wildman–Crippen LogP) is 6.18. The molecule has 0 bridgehead atoms. The Balaban J connectivity index is 2.04. The van der Waals surface area contributed by atoms with Gasteiger partial charge in [0.2, 0.25) is 0 Å². The molecule has 0 spiro atoms. The van der Waals surface area contributed by atoms with E-state index in [0.29, 0.717) is 10.0 Å². The quantitative estimate of drug-likeness (QED) is 0.609. The van der Waals surface area contributed by atoms with Crippen LogP contribution in [0.4, 0.5) is 0 Å². The largest absolute Gasteiger partial charge is 0.456 e. The van der Waals surface area contributed by atoms with Crippen LogP contribution in [0.2, 0.25) is 10.0 Å². The normalized spacial score (nSPS) is 26.9. The van der Waals surface area contributed by atoms with E-state index in [2.05, 4.69) is 6.07 Å². The summed E-state index contributed by atoms with van der Waals surface area (Å²) in [5.41, 5.74) is 1.57. The molecule has 0 aliphatic carbocycles. The summed E-state index contributed by atoms with van der Waals surface area (Å²) in [7, 11) is 0. The fraction of sp³-hybridized carbons (Fsp3) is 0.350. The molecule has 2 aromatic carbocycles. The van der Waals surface area contributed by atoms with Crippen molar-refractivity contribution in [3.63, 3.8) is 0 Å². The van der Waals surface area contributed by atoms with Gasteiger partial charge in [-0.15, -0.1) is 0 Å². The number of carbonyl (C=O) groups excluding carboxylic acids is 1. The van der Waals surface area contributed by atoms with E-state index < -0.39 is 5.41 Å². The highest BCUT2D eigenvalue weighted by atomic mass is 35.5. The van der Waals surface area contributed by atoms with E-state index in [0.717, 1.165) is 24.0 Å². The van der Waals surface area contributed by atoms with Crippen LogP contribution in [0.5, 0.6) is 0 Å². The number of benzene rings is 2. The van der Waals surface area contributed by atoms with Gasteiger partial charge in [-0.3, -0.25) is 4.79 Å². The first-order valence-electron chi connectivity index (χ1n) is 8.15. The van der Waals surface area contributed by atoms with Crippen LogP contribution < -0.4 is 0 Å². The summed E-state index contributed by atoms with van der Waals surface area (Å²) >= 11 is 12.2. The number of halogens is 2. The van der Waals surface area contributed by atoms with Crippen LogP contribution in [0.3, 0.4) is 0 Å². The zero-order valence-corrected chi connectivity index (χ0v) is 15.3. The van der Waals surface area contributed by atoms with Gasteiger partial charge in [-0.25, -0.2) is 0 Å². The van der Waals surface area contributed by atoms with Crippen LogP contribution in [0, 0.1) is 5.41 Å². The molecular formula is C20H20Cl2O2. The molecule has 3 rings (SSSR count). The Hall–Kier alpha value is -1.51. The van der Waals surface area contributed by atoms with E-state index in [4.69, 9.17) is 27.9 Å². The minimum absolute atomic E-state index is 0.0625. The smallest absolute Gasteiger partial charge is 0.312 e. The van der Waals surface area contributed by atoms with Crippen molar-refractivity contribution in [2.75, 3.05) is 0 Å². The van der Waals surface area contributed by atoms with E-state index in [-0.39, 0.29) is 18.0 Å². The SMILES string of the molecule is CC[C@@]1(C)C[C@H](c2cccc(Cl)c2)[C@H](c2ccc(Cl)cc2)OC1=O. The maximum Gasteiger partial charge on any atom is 0.312 e. The Bertz CT molecular complexity index is 742. The van der Waals surface area contributed by atoms with Gasteiger partial charge < -0.3 is 4.74 Å². The number of cyclic esters (lactones) is 1. The second-order valence-corrected chi connectivity index (χ2v) is 7.53. The average molecular weight is 363 g/mol. The van der Waals surface area contributed by atoms with Crippen molar-refractivity contribution in [3.05, 3.63) is 69.7 Å². The van der Waals surface area contributed by atoms with Crippen molar-refractivity contribution in [1.82, 2.24) is 0 Å². The number of esters is 1. The van der Waals surface area contributed by atoms with Crippen LogP contribution in [-0.4, -0.2) is 5.97 Å². The number of ether oxygens (including phenoxy) is 1. The highest BCUT2D eigenvalue weighted by Gasteiger charge is 2.46. The van der Waals surface area contributed by atoms with Gasteiger partial charge in [0.15, 0.2) is 0 Å². The summed E-state index contributed by atoms with van der Waals surface area (Å²) in [4.78, 5) is 12.6. The van der Waals surface area contributed by atoms with Gasteiger partial charge >= 0.3 is 5.97 Å². The van der Waals surface area contributed by atoms with Gasteiger partial charge in [0.05, 0.1) is 5.41 Å². The van der Waals surface area contributed by atoms with Gasteiger partial charge in [0, 0.05) is 16.0 Å². The minimum atomic E-state index is -0.476. The van der Waals surface area contributed by atoms with Gasteiger partial charge in [-0.2, -0.15) is 0 Å². The molecular weight excluding hydrogens is 343 g/mol. The third-order valence-corrected chi connectivity index (χ3v) is 5.51. The molecule has 126 valence electrons. The van der Waals surface area contributed by atoms with E-state index >= 15 is 0 Å². The minimum Gasteiger partial charge on any atom is -0.456 e. The number of rotatable bonds is 3. The molecule has 1 saturated heterocycles. The molecule has 1 aliphatic heterocycles. The summed E-state index contributed by atoms with van der Waals surface area (Å²) in [6, 6.07) is 15.3. The highest BCUT2D eigenvalue weighted by molar-refractivity contribution is 6.30. The van der Waals surface area contributed by atoms with Crippen LogP contribution in [0.1, 0.15) is 49.8 Å². The van der Waals surface area contributed by atoms with Crippen LogP contribution in [0.25, 0.3) is 0 Å². The number of hydrogen-bond acceptors (Lipinski definition) is 2. The topological polar surface area (TPSA) is 26.3 Å². The molecule has 1 fully saturated rings. The zero-order valence-electron chi connectivity index (χ0n) is 13.8. The van der Waals surface area contributed by atoms with Gasteiger partial charge in [0.25, 0.3) is 0 Å². The second kappa shape index (κ2) is 6.78. The molecule has 0 amide bonds. The molecule has 2 nitrogen and oxygen atoms in total. The Morgan fingerprint density at radius 2 is 1.79 bits per heavy atom. The van der Waals surface area contributed by atoms with Crippen molar-refractivity contribution in [1.29, 1.82) is 0 Å². The number of hydrogen-bond donors (Lipinski definition) is 0. The lowest BCUT2D eigenvalue weighted by atomic mass is 9.71. The molecule has 4 heteroatoms. The predicted molar refractivity (Wildman–Crippen MR) is 97.5 cm³/mol. The van der Waals surface area contributed by atoms with Gasteiger partial charge in [-0.05, 0) is 55.2 Å². The maximum atomic E-state index is 12.6. The lowest BCUT2D eigenvalue weighted by Gasteiger charge is -2.41. The third kappa shape index (κ3) is 3.31. The summed E-state index contributed by atoms with van der Waals surface area (Å²) in [5, 5.41) is 1.36. The summed E-state index contributed by atoms with van der Waals surface area (Å²) in [6.45, 7) is 4.00. The Morgan fingerprint density at radius 1 is 1.08 bits per heavy atom. The van der Waals surface area contributed by atoms with Crippen LogP contribution in [-0.2, 0) is 9.53 Å². The van der Waals surface area contributed by atoms with E-state index in [1.807, 2.05) is 56.3 Å². The summed E-state index contributed by atoms with van der Waals surface area (Å²) < 4.78 is 5.90. The van der Waals surface area contributed by atoms with E-state index in [9.17, 15) is 4.79 Å². The standard InChI is InChI=1S/C20H20Cl2O2/c1-3-20(2)12-17(14-5-4-6-16(22)11-14)18(24-19(20)23)13-7-9-15(21)10-8-13/h4-11,17-18H,3,12H2,1-2H3/t17-,18+,20+/m1/s1. The molecule has 0 unspecified atom stereocenters. The highest BCUT2D eigenvalue weighted by Crippen LogP contribution is 2.49. The van der Waals surface area contributed by atoms with Crippen molar-refractivity contribution >= 4 is 29.2 Å². The number of carbonyl (C=O) groups is 1. The average Bonchev–Trinajstić information content (AvgIpc) is 2.58. The summed E-state index contributed by atoms with van der Waals surface area (Å²) in [5.74, 6) is -0.0734. The Labute approximate surface area is 152 Å². The molecule has 3 atom stereocenters. The van der Waals surface area contributed by atoms with E-state index in [1.54, 1.807) is 0 Å². The fourth-order valence-electron chi connectivity index (χ4n) is 3.29. The first-order chi connectivity index (χ1) is 11.4. The zero-order chi connectivity index (χ0) is 17.3. The van der Waals surface area contributed by atoms with Crippen LogP contribution in [0.15, 0.2) is 48.5 Å². The molecule has 2 aromatic rings. The summed E-state index contributed by atoms with van der Waals surface area (Å²) in [6.07, 6.45) is 1.15. The van der Waals surface area contributed by atoms with Gasteiger partial charge in [-0.1, -0.05) is 54.4 Å².